The van der Waals surface area contributed by atoms with Gasteiger partial charge in [-0.25, -0.2) is 0 Å². The zero-order valence-corrected chi connectivity index (χ0v) is 13.8. The second kappa shape index (κ2) is 6.72. The van der Waals surface area contributed by atoms with Gasteiger partial charge < -0.3 is 10.6 Å². The van der Waals surface area contributed by atoms with Crippen LogP contribution < -0.4 is 5.73 Å². The van der Waals surface area contributed by atoms with Crippen molar-refractivity contribution in [2.24, 2.45) is 11.7 Å². The highest BCUT2D eigenvalue weighted by Gasteiger charge is 2.30. The monoisotopic (exact) mass is 338 g/mol. The normalized spacial score (nSPS) is 22.9. The molecule has 0 saturated carbocycles. The third kappa shape index (κ3) is 3.23. The van der Waals surface area contributed by atoms with Crippen LogP contribution in [0, 0.1) is 12.8 Å². The zero-order valence-electron chi connectivity index (χ0n) is 12.2. The molecule has 0 aromatic heterocycles. The van der Waals surface area contributed by atoms with Gasteiger partial charge in [-0.3, -0.25) is 4.79 Å². The van der Waals surface area contributed by atoms with Crippen molar-refractivity contribution < 1.29 is 4.79 Å². The van der Waals surface area contributed by atoms with Gasteiger partial charge >= 0.3 is 0 Å². The number of carbonyl (C=O) groups excluding carboxylic acids is 1. The molecule has 2 unspecified atom stereocenters. The van der Waals surface area contributed by atoms with E-state index in [0.717, 1.165) is 35.0 Å². The Morgan fingerprint density at radius 2 is 2.25 bits per heavy atom. The fourth-order valence-electron chi connectivity index (χ4n) is 2.89. The van der Waals surface area contributed by atoms with Gasteiger partial charge in [-0.1, -0.05) is 35.3 Å². The first-order valence-electron chi connectivity index (χ1n) is 7.34. The van der Waals surface area contributed by atoms with Crippen LogP contribution in [0.15, 0.2) is 22.7 Å². The van der Waals surface area contributed by atoms with Gasteiger partial charge in [0.15, 0.2) is 0 Å². The van der Waals surface area contributed by atoms with Gasteiger partial charge in [0.2, 0.25) is 0 Å². The minimum atomic E-state index is 0.107. The van der Waals surface area contributed by atoms with E-state index >= 15 is 0 Å². The SMILES string of the molecule is CCC1CCN(C(=O)c2ccc(C)c(Br)c2)C(CN)C1. The Morgan fingerprint density at radius 1 is 1.50 bits per heavy atom. The Bertz CT molecular complexity index is 489. The average molecular weight is 339 g/mol. The quantitative estimate of drug-likeness (QED) is 0.918. The molecular formula is C16H23BrN2O. The van der Waals surface area contributed by atoms with Crippen molar-refractivity contribution in [1.82, 2.24) is 4.90 Å². The van der Waals surface area contributed by atoms with Crippen LogP contribution in [-0.2, 0) is 0 Å². The molecule has 1 fully saturated rings. The molecule has 0 aliphatic carbocycles. The summed E-state index contributed by atoms with van der Waals surface area (Å²) < 4.78 is 0.982. The van der Waals surface area contributed by atoms with Crippen molar-refractivity contribution in [1.29, 1.82) is 0 Å². The molecule has 1 heterocycles. The molecule has 20 heavy (non-hydrogen) atoms. The summed E-state index contributed by atoms with van der Waals surface area (Å²) in [6, 6.07) is 5.98. The summed E-state index contributed by atoms with van der Waals surface area (Å²) in [6.45, 7) is 5.61. The first kappa shape index (κ1) is 15.5. The number of nitrogens with two attached hydrogens (primary N) is 1. The van der Waals surface area contributed by atoms with Crippen molar-refractivity contribution >= 4 is 21.8 Å². The predicted octanol–water partition coefficient (Wildman–Crippen LogP) is 3.35. The van der Waals surface area contributed by atoms with Crippen LogP contribution in [0.25, 0.3) is 0 Å². The molecule has 3 nitrogen and oxygen atoms in total. The Morgan fingerprint density at radius 3 is 2.85 bits per heavy atom. The van der Waals surface area contributed by atoms with Gasteiger partial charge in [-0.05, 0) is 43.4 Å². The van der Waals surface area contributed by atoms with Crippen molar-refractivity contribution in [2.75, 3.05) is 13.1 Å². The van der Waals surface area contributed by atoms with Gasteiger partial charge in [-0.2, -0.15) is 0 Å². The number of hydrogen-bond acceptors (Lipinski definition) is 2. The van der Waals surface area contributed by atoms with Crippen LogP contribution >= 0.6 is 15.9 Å². The number of benzene rings is 1. The minimum Gasteiger partial charge on any atom is -0.334 e. The third-order valence-electron chi connectivity index (χ3n) is 4.35. The lowest BCUT2D eigenvalue weighted by atomic mass is 9.88. The zero-order chi connectivity index (χ0) is 14.7. The van der Waals surface area contributed by atoms with Crippen molar-refractivity contribution in [3.63, 3.8) is 0 Å². The topological polar surface area (TPSA) is 46.3 Å². The Hall–Kier alpha value is -0.870. The van der Waals surface area contributed by atoms with E-state index in [1.54, 1.807) is 0 Å². The molecule has 2 rings (SSSR count). The maximum atomic E-state index is 12.7. The molecular weight excluding hydrogens is 316 g/mol. The predicted molar refractivity (Wildman–Crippen MR) is 85.8 cm³/mol. The van der Waals surface area contributed by atoms with Gasteiger partial charge in [0, 0.05) is 29.2 Å². The van der Waals surface area contributed by atoms with Crippen molar-refractivity contribution in [3.8, 4) is 0 Å². The molecule has 2 N–H and O–H groups in total. The molecule has 0 bridgehead atoms. The summed E-state index contributed by atoms with van der Waals surface area (Å²) in [7, 11) is 0. The van der Waals surface area contributed by atoms with Crippen LogP contribution in [0.3, 0.4) is 0 Å². The smallest absolute Gasteiger partial charge is 0.254 e. The molecule has 1 saturated heterocycles. The summed E-state index contributed by atoms with van der Waals surface area (Å²) in [4.78, 5) is 14.6. The maximum Gasteiger partial charge on any atom is 0.254 e. The third-order valence-corrected chi connectivity index (χ3v) is 5.21. The average Bonchev–Trinajstić information content (AvgIpc) is 2.48. The van der Waals surface area contributed by atoms with E-state index in [-0.39, 0.29) is 11.9 Å². The van der Waals surface area contributed by atoms with Crippen LogP contribution in [0.2, 0.25) is 0 Å². The number of rotatable bonds is 3. The van der Waals surface area contributed by atoms with Gasteiger partial charge in [0.25, 0.3) is 5.91 Å². The number of carbonyl (C=O) groups is 1. The van der Waals surface area contributed by atoms with E-state index in [9.17, 15) is 4.79 Å². The van der Waals surface area contributed by atoms with Gasteiger partial charge in [0.1, 0.15) is 0 Å². The largest absolute Gasteiger partial charge is 0.334 e. The lowest BCUT2D eigenvalue weighted by Crippen LogP contribution is -2.49. The number of hydrogen-bond donors (Lipinski definition) is 1. The maximum absolute atomic E-state index is 12.7. The Labute approximate surface area is 129 Å². The number of aryl methyl sites for hydroxylation is 1. The van der Waals surface area contributed by atoms with E-state index in [4.69, 9.17) is 5.73 Å². The highest BCUT2D eigenvalue weighted by atomic mass is 79.9. The first-order valence-corrected chi connectivity index (χ1v) is 8.13. The molecule has 2 atom stereocenters. The number of halogens is 1. The molecule has 1 amide bonds. The van der Waals surface area contributed by atoms with Gasteiger partial charge in [0.05, 0.1) is 0 Å². The van der Waals surface area contributed by atoms with Crippen LogP contribution in [0.1, 0.15) is 42.1 Å². The van der Waals surface area contributed by atoms with Crippen molar-refractivity contribution in [3.05, 3.63) is 33.8 Å². The van der Waals surface area contributed by atoms with Crippen LogP contribution in [0.5, 0.6) is 0 Å². The second-order valence-corrected chi connectivity index (χ2v) is 6.51. The molecule has 110 valence electrons. The fourth-order valence-corrected chi connectivity index (χ4v) is 3.27. The molecule has 0 radical (unpaired) electrons. The molecule has 1 aromatic carbocycles. The summed E-state index contributed by atoms with van der Waals surface area (Å²) >= 11 is 3.50. The van der Waals surface area contributed by atoms with E-state index < -0.39 is 0 Å². The lowest BCUT2D eigenvalue weighted by molar-refractivity contribution is 0.0558. The summed E-state index contributed by atoms with van der Waals surface area (Å²) in [5.41, 5.74) is 7.76. The summed E-state index contributed by atoms with van der Waals surface area (Å²) in [6.07, 6.45) is 3.30. The van der Waals surface area contributed by atoms with Gasteiger partial charge in [-0.15, -0.1) is 0 Å². The standard InChI is InChI=1S/C16H23BrN2O/c1-3-12-6-7-19(14(8-12)10-18)16(20)13-5-4-11(2)15(17)9-13/h4-5,9,12,14H,3,6-8,10,18H2,1-2H3. The number of likely N-dealkylation sites (tertiary alicyclic amines) is 1. The molecule has 0 spiro atoms. The first-order chi connectivity index (χ1) is 9.56. The minimum absolute atomic E-state index is 0.107. The highest BCUT2D eigenvalue weighted by Crippen LogP contribution is 2.27. The van der Waals surface area contributed by atoms with E-state index in [1.165, 1.54) is 6.42 Å². The molecule has 1 aromatic rings. The Balaban J connectivity index is 2.17. The van der Waals surface area contributed by atoms with Crippen molar-refractivity contribution in [2.45, 2.75) is 39.2 Å². The van der Waals surface area contributed by atoms with Crippen LogP contribution in [-0.4, -0.2) is 29.9 Å². The molecule has 1 aliphatic rings. The molecule has 1 aliphatic heterocycles. The summed E-state index contributed by atoms with van der Waals surface area (Å²) in [5, 5.41) is 0. The summed E-state index contributed by atoms with van der Waals surface area (Å²) in [5.74, 6) is 0.813. The Kier molecular flexibility index (Phi) is 5.22. The van der Waals surface area contributed by atoms with E-state index in [0.29, 0.717) is 12.5 Å². The van der Waals surface area contributed by atoms with Crippen LogP contribution in [0.4, 0.5) is 0 Å². The highest BCUT2D eigenvalue weighted by molar-refractivity contribution is 9.10. The second-order valence-electron chi connectivity index (χ2n) is 5.65. The fraction of sp³-hybridized carbons (Fsp3) is 0.562. The number of nitrogens with zero attached hydrogens (tertiary/aromatic N) is 1. The number of piperidine rings is 1. The number of amides is 1. The van der Waals surface area contributed by atoms with E-state index in [1.807, 2.05) is 30.0 Å². The molecule has 4 heteroatoms. The van der Waals surface area contributed by atoms with E-state index in [2.05, 4.69) is 22.9 Å². The lowest BCUT2D eigenvalue weighted by Gasteiger charge is -2.39.